The summed E-state index contributed by atoms with van der Waals surface area (Å²) in [7, 11) is 0. The fraction of sp³-hybridized carbons (Fsp3) is 0.571. The lowest BCUT2D eigenvalue weighted by Crippen LogP contribution is -2.38. The molecular formula is C14H22N2O. The van der Waals surface area contributed by atoms with Crippen LogP contribution in [0.15, 0.2) is 18.2 Å². The number of likely N-dealkylation sites (tertiary alicyclic amines) is 1. The van der Waals surface area contributed by atoms with Crippen LogP contribution >= 0.6 is 0 Å². The van der Waals surface area contributed by atoms with Crippen LogP contribution in [0.2, 0.25) is 0 Å². The molecule has 0 radical (unpaired) electrons. The zero-order chi connectivity index (χ0) is 12.4. The lowest BCUT2D eigenvalue weighted by atomic mass is 9.91. The predicted octanol–water partition coefficient (Wildman–Crippen LogP) is 2.45. The molecule has 1 aliphatic heterocycles. The Kier molecular flexibility index (Phi) is 3.57. The number of rotatable bonds is 2. The van der Waals surface area contributed by atoms with Gasteiger partial charge in [0.25, 0.3) is 0 Å². The smallest absolute Gasteiger partial charge is 0.120 e. The summed E-state index contributed by atoms with van der Waals surface area (Å²) < 4.78 is 0. The molecule has 0 bridgehead atoms. The number of piperidine rings is 1. The molecule has 3 N–H and O–H groups in total. The molecule has 2 atom stereocenters. The molecule has 0 amide bonds. The number of hydrogen-bond acceptors (Lipinski definition) is 3. The highest BCUT2D eigenvalue weighted by molar-refractivity contribution is 5.47. The normalized spacial score (nSPS) is 26.0. The highest BCUT2D eigenvalue weighted by Gasteiger charge is 2.22. The summed E-state index contributed by atoms with van der Waals surface area (Å²) >= 11 is 0. The average molecular weight is 234 g/mol. The summed E-state index contributed by atoms with van der Waals surface area (Å²) in [5.41, 5.74) is 7.41. The molecule has 0 aromatic heterocycles. The minimum Gasteiger partial charge on any atom is -0.508 e. The van der Waals surface area contributed by atoms with Gasteiger partial charge in [0.2, 0.25) is 0 Å². The Labute approximate surface area is 103 Å². The number of hydrogen-bond donors (Lipinski definition) is 2. The van der Waals surface area contributed by atoms with E-state index in [1.165, 1.54) is 6.42 Å². The van der Waals surface area contributed by atoms with Gasteiger partial charge in [0.15, 0.2) is 0 Å². The maximum Gasteiger partial charge on any atom is 0.120 e. The second kappa shape index (κ2) is 4.96. The number of nitrogens with zero attached hydrogens (tertiary/aromatic N) is 1. The van der Waals surface area contributed by atoms with Crippen LogP contribution in [0, 0.1) is 11.8 Å². The number of anilines is 1. The van der Waals surface area contributed by atoms with Crippen LogP contribution < -0.4 is 5.73 Å². The van der Waals surface area contributed by atoms with Crippen molar-refractivity contribution in [1.82, 2.24) is 4.90 Å². The number of phenolic OH excluding ortho intramolecular Hbond substituents is 1. The fourth-order valence-corrected chi connectivity index (χ4v) is 2.89. The molecular weight excluding hydrogens is 212 g/mol. The second-order valence-electron chi connectivity index (χ2n) is 5.53. The van der Waals surface area contributed by atoms with Crippen LogP contribution in [0.3, 0.4) is 0 Å². The first-order valence-electron chi connectivity index (χ1n) is 6.34. The van der Waals surface area contributed by atoms with Crippen molar-refractivity contribution in [2.45, 2.75) is 26.8 Å². The molecule has 94 valence electrons. The quantitative estimate of drug-likeness (QED) is 0.610. The lowest BCUT2D eigenvalue weighted by molar-refractivity contribution is 0.133. The number of aromatic hydroxyl groups is 1. The van der Waals surface area contributed by atoms with Gasteiger partial charge in [-0.25, -0.2) is 0 Å². The van der Waals surface area contributed by atoms with Crippen LogP contribution in [-0.4, -0.2) is 23.1 Å². The molecule has 2 unspecified atom stereocenters. The van der Waals surface area contributed by atoms with Gasteiger partial charge in [-0.2, -0.15) is 0 Å². The molecule has 1 fully saturated rings. The third kappa shape index (κ3) is 3.13. The first-order valence-corrected chi connectivity index (χ1v) is 6.34. The zero-order valence-electron chi connectivity index (χ0n) is 10.7. The van der Waals surface area contributed by atoms with Gasteiger partial charge in [0.1, 0.15) is 5.75 Å². The maximum absolute atomic E-state index is 9.82. The number of nitrogens with two attached hydrogens (primary N) is 1. The fourth-order valence-electron chi connectivity index (χ4n) is 2.89. The molecule has 0 saturated carbocycles. The van der Waals surface area contributed by atoms with E-state index in [0.717, 1.165) is 42.7 Å². The van der Waals surface area contributed by atoms with Gasteiger partial charge in [-0.15, -0.1) is 0 Å². The topological polar surface area (TPSA) is 49.5 Å². The first-order chi connectivity index (χ1) is 8.04. The number of phenols is 1. The predicted molar refractivity (Wildman–Crippen MR) is 70.7 cm³/mol. The van der Waals surface area contributed by atoms with Crippen LogP contribution in [0.25, 0.3) is 0 Å². The Bertz CT molecular complexity index is 382. The second-order valence-corrected chi connectivity index (χ2v) is 5.53. The molecule has 3 heteroatoms. The lowest BCUT2D eigenvalue weighted by Gasteiger charge is -2.35. The summed E-state index contributed by atoms with van der Waals surface area (Å²) in [6.45, 7) is 7.60. The molecule has 3 nitrogen and oxygen atoms in total. The third-order valence-corrected chi connectivity index (χ3v) is 3.44. The molecule has 17 heavy (non-hydrogen) atoms. The van der Waals surface area contributed by atoms with Crippen molar-refractivity contribution >= 4 is 5.69 Å². The molecule has 2 rings (SSSR count). The molecule has 0 aliphatic carbocycles. The van der Waals surface area contributed by atoms with Crippen LogP contribution in [0.1, 0.15) is 25.8 Å². The van der Waals surface area contributed by atoms with E-state index in [4.69, 9.17) is 5.73 Å². The molecule has 1 saturated heterocycles. The summed E-state index contributed by atoms with van der Waals surface area (Å²) in [6.07, 6.45) is 1.30. The summed E-state index contributed by atoms with van der Waals surface area (Å²) in [5.74, 6) is 1.83. The molecule has 1 aliphatic rings. The Balaban J connectivity index is 2.07. The van der Waals surface area contributed by atoms with Crippen molar-refractivity contribution in [3.63, 3.8) is 0 Å². The Morgan fingerprint density at radius 2 is 1.94 bits per heavy atom. The monoisotopic (exact) mass is 234 g/mol. The van der Waals surface area contributed by atoms with Crippen LogP contribution in [0.5, 0.6) is 5.75 Å². The van der Waals surface area contributed by atoms with E-state index in [0.29, 0.717) is 5.75 Å². The van der Waals surface area contributed by atoms with Crippen LogP contribution in [-0.2, 0) is 6.54 Å². The van der Waals surface area contributed by atoms with Gasteiger partial charge < -0.3 is 10.8 Å². The van der Waals surface area contributed by atoms with Gasteiger partial charge in [-0.05, 0) is 36.5 Å². The number of benzene rings is 1. The van der Waals surface area contributed by atoms with Gasteiger partial charge in [-0.3, -0.25) is 4.90 Å². The van der Waals surface area contributed by atoms with Gasteiger partial charge in [0.05, 0.1) is 0 Å². The van der Waals surface area contributed by atoms with Crippen molar-refractivity contribution in [3.05, 3.63) is 23.8 Å². The average Bonchev–Trinajstić information content (AvgIpc) is 2.22. The summed E-state index contributed by atoms with van der Waals surface area (Å²) in [6, 6.07) is 5.29. The molecule has 1 aromatic rings. The largest absolute Gasteiger partial charge is 0.508 e. The number of nitrogen functional groups attached to an aromatic ring is 1. The van der Waals surface area contributed by atoms with Gasteiger partial charge in [0, 0.05) is 30.9 Å². The zero-order valence-corrected chi connectivity index (χ0v) is 10.7. The van der Waals surface area contributed by atoms with Crippen molar-refractivity contribution in [2.24, 2.45) is 11.8 Å². The van der Waals surface area contributed by atoms with Crippen molar-refractivity contribution in [3.8, 4) is 5.75 Å². The minimum atomic E-state index is 0.352. The highest BCUT2D eigenvalue weighted by atomic mass is 16.3. The van der Waals surface area contributed by atoms with Gasteiger partial charge in [-0.1, -0.05) is 13.8 Å². The third-order valence-electron chi connectivity index (χ3n) is 3.44. The van der Waals surface area contributed by atoms with E-state index in [9.17, 15) is 5.11 Å². The Hall–Kier alpha value is -1.22. The molecule has 1 aromatic carbocycles. The standard InChI is InChI=1S/C14H22N2O/c1-10-5-11(2)8-16(7-10)9-12-6-13(15)3-4-14(12)17/h3-4,6,10-11,17H,5,7-9,15H2,1-2H3. The SMILES string of the molecule is CC1CC(C)CN(Cc2cc(N)ccc2O)C1. The van der Waals surface area contributed by atoms with Crippen LogP contribution in [0.4, 0.5) is 5.69 Å². The van der Waals surface area contributed by atoms with E-state index in [2.05, 4.69) is 18.7 Å². The van der Waals surface area contributed by atoms with Crippen molar-refractivity contribution < 1.29 is 5.11 Å². The summed E-state index contributed by atoms with van der Waals surface area (Å²) in [5, 5.41) is 9.82. The minimum absolute atomic E-state index is 0.352. The Morgan fingerprint density at radius 1 is 1.29 bits per heavy atom. The maximum atomic E-state index is 9.82. The summed E-state index contributed by atoms with van der Waals surface area (Å²) in [4.78, 5) is 2.41. The van der Waals surface area contributed by atoms with Crippen molar-refractivity contribution in [1.29, 1.82) is 0 Å². The molecule has 1 heterocycles. The Morgan fingerprint density at radius 3 is 2.59 bits per heavy atom. The van der Waals surface area contributed by atoms with E-state index < -0.39 is 0 Å². The van der Waals surface area contributed by atoms with E-state index in [-0.39, 0.29) is 0 Å². The van der Waals surface area contributed by atoms with E-state index in [1.54, 1.807) is 12.1 Å². The van der Waals surface area contributed by atoms with E-state index >= 15 is 0 Å². The highest BCUT2D eigenvalue weighted by Crippen LogP contribution is 2.26. The van der Waals surface area contributed by atoms with Crippen molar-refractivity contribution in [2.75, 3.05) is 18.8 Å². The molecule has 0 spiro atoms. The van der Waals surface area contributed by atoms with E-state index in [1.807, 2.05) is 6.07 Å². The van der Waals surface area contributed by atoms with Gasteiger partial charge >= 0.3 is 0 Å². The first kappa shape index (κ1) is 12.2.